The van der Waals surface area contributed by atoms with Crippen LogP contribution in [-0.2, 0) is 0 Å². The van der Waals surface area contributed by atoms with Gasteiger partial charge in [0, 0.05) is 37.8 Å². The van der Waals surface area contributed by atoms with Crippen molar-refractivity contribution >= 4 is 17.2 Å². The van der Waals surface area contributed by atoms with E-state index in [4.69, 9.17) is 9.84 Å². The smallest absolute Gasteiger partial charge is 0.321 e. The summed E-state index contributed by atoms with van der Waals surface area (Å²) in [6, 6.07) is 5.25. The first-order valence-corrected chi connectivity index (χ1v) is 12.4. The highest BCUT2D eigenvalue weighted by Crippen LogP contribution is 2.31. The minimum Gasteiger partial charge on any atom is -0.493 e. The number of hydrogen-bond donors (Lipinski definition) is 2. The molecule has 10 nitrogen and oxygen atoms in total. The molecule has 2 amide bonds. The Bertz CT molecular complexity index is 1250. The Hall–Kier alpha value is -3.40. The van der Waals surface area contributed by atoms with Crippen LogP contribution in [0.3, 0.4) is 0 Å². The first-order valence-electron chi connectivity index (χ1n) is 12.4. The van der Waals surface area contributed by atoms with Gasteiger partial charge < -0.3 is 24.8 Å². The van der Waals surface area contributed by atoms with Gasteiger partial charge in [-0.05, 0) is 51.9 Å². The molecule has 2 N–H and O–H groups in total. The summed E-state index contributed by atoms with van der Waals surface area (Å²) >= 11 is 0. The molecule has 35 heavy (non-hydrogen) atoms. The molecule has 0 saturated carbocycles. The number of H-pyrrole nitrogens is 1. The summed E-state index contributed by atoms with van der Waals surface area (Å²) < 4.78 is 7.51. The molecule has 0 bridgehead atoms. The number of piperazine rings is 1. The van der Waals surface area contributed by atoms with Gasteiger partial charge in [-0.1, -0.05) is 13.8 Å². The van der Waals surface area contributed by atoms with Gasteiger partial charge in [0.1, 0.15) is 11.6 Å². The van der Waals surface area contributed by atoms with Crippen molar-refractivity contribution in [2.45, 2.75) is 46.5 Å². The molecule has 188 valence electrons. The summed E-state index contributed by atoms with van der Waals surface area (Å²) in [5, 5.41) is 7.78. The Balaban J connectivity index is 1.75. The molecule has 0 aliphatic carbocycles. The van der Waals surface area contributed by atoms with Gasteiger partial charge in [0.05, 0.1) is 17.9 Å². The molecule has 0 spiro atoms. The van der Waals surface area contributed by atoms with Crippen LogP contribution in [0.1, 0.15) is 51.0 Å². The molecule has 1 saturated heterocycles. The van der Waals surface area contributed by atoms with E-state index in [0.29, 0.717) is 53.7 Å². The number of rotatable bonds is 7. The predicted molar refractivity (Wildman–Crippen MR) is 136 cm³/mol. The lowest BCUT2D eigenvalue weighted by molar-refractivity contribution is 0.164. The zero-order chi connectivity index (χ0) is 25.1. The number of carbonyl (C=O) groups excluding carboxylic acids is 1. The SMILES string of the molecule is CCOc1ccc(NC(=O)N2CCN(C)CC2)cc1-c1nn2c(C(CC)CC)nc(C)c2c(=O)[nH]1. The van der Waals surface area contributed by atoms with E-state index in [1.807, 2.05) is 13.8 Å². The minimum absolute atomic E-state index is 0.147. The number of amides is 2. The Morgan fingerprint density at radius 3 is 2.54 bits per heavy atom. The molecule has 0 radical (unpaired) electrons. The van der Waals surface area contributed by atoms with E-state index in [-0.39, 0.29) is 17.5 Å². The topological polar surface area (TPSA) is 108 Å². The molecular weight excluding hydrogens is 446 g/mol. The molecule has 1 aliphatic heterocycles. The van der Waals surface area contributed by atoms with E-state index in [1.54, 1.807) is 27.6 Å². The number of hydrogen-bond acceptors (Lipinski definition) is 6. The standard InChI is InChI=1S/C25H35N7O3/c1-6-17(7-2)23-26-16(4)21-24(33)28-22(29-32(21)23)19-15-18(9-10-20(19)35-8-3)27-25(34)31-13-11-30(5)12-14-31/h9-10,15,17H,6-8,11-14H2,1-5H3,(H,27,34)(H,28,29,33). The maximum absolute atomic E-state index is 13.1. The molecule has 3 heterocycles. The van der Waals surface area contributed by atoms with Gasteiger partial charge >= 0.3 is 6.03 Å². The zero-order valence-electron chi connectivity index (χ0n) is 21.2. The van der Waals surface area contributed by atoms with E-state index < -0.39 is 0 Å². The Morgan fingerprint density at radius 2 is 1.89 bits per heavy atom. The molecule has 10 heteroatoms. The number of aromatic amines is 1. The lowest BCUT2D eigenvalue weighted by Gasteiger charge is -2.32. The number of benzene rings is 1. The van der Waals surface area contributed by atoms with Crippen LogP contribution >= 0.6 is 0 Å². The summed E-state index contributed by atoms with van der Waals surface area (Å²) in [5.74, 6) is 1.92. The Morgan fingerprint density at radius 1 is 1.17 bits per heavy atom. The van der Waals surface area contributed by atoms with Crippen molar-refractivity contribution in [3.8, 4) is 17.1 Å². The predicted octanol–water partition coefficient (Wildman–Crippen LogP) is 3.47. The van der Waals surface area contributed by atoms with Crippen molar-refractivity contribution in [3.63, 3.8) is 0 Å². The highest BCUT2D eigenvalue weighted by Gasteiger charge is 2.22. The number of fused-ring (bicyclic) bond motifs is 1. The maximum Gasteiger partial charge on any atom is 0.321 e. The third-order valence-corrected chi connectivity index (χ3v) is 6.63. The number of urea groups is 1. The van der Waals surface area contributed by atoms with Crippen LogP contribution in [-0.4, -0.2) is 75.2 Å². The van der Waals surface area contributed by atoms with Crippen molar-refractivity contribution in [1.29, 1.82) is 0 Å². The monoisotopic (exact) mass is 481 g/mol. The highest BCUT2D eigenvalue weighted by atomic mass is 16.5. The van der Waals surface area contributed by atoms with Gasteiger partial charge in [-0.15, -0.1) is 5.10 Å². The number of likely N-dealkylation sites (N-methyl/N-ethyl adjacent to an activating group) is 1. The number of anilines is 1. The van der Waals surface area contributed by atoms with Gasteiger partial charge in [-0.3, -0.25) is 4.79 Å². The average Bonchev–Trinajstić information content (AvgIpc) is 3.18. The second-order valence-corrected chi connectivity index (χ2v) is 9.00. The normalized spacial score (nSPS) is 14.6. The quantitative estimate of drug-likeness (QED) is 0.535. The van der Waals surface area contributed by atoms with Gasteiger partial charge in [-0.2, -0.15) is 0 Å². The molecule has 1 aliphatic rings. The number of ether oxygens (including phenoxy) is 1. The van der Waals surface area contributed by atoms with Crippen molar-refractivity contribution in [2.75, 3.05) is 45.2 Å². The van der Waals surface area contributed by atoms with Crippen LogP contribution in [0.25, 0.3) is 16.9 Å². The lowest BCUT2D eigenvalue weighted by atomic mass is 10.0. The van der Waals surface area contributed by atoms with Crippen LogP contribution in [0.4, 0.5) is 10.5 Å². The zero-order valence-corrected chi connectivity index (χ0v) is 21.2. The van der Waals surface area contributed by atoms with Gasteiger partial charge in [0.2, 0.25) is 0 Å². The first kappa shape index (κ1) is 24.7. The Labute approximate surface area is 205 Å². The molecule has 1 fully saturated rings. The molecule has 4 rings (SSSR count). The van der Waals surface area contributed by atoms with Crippen LogP contribution < -0.4 is 15.6 Å². The summed E-state index contributed by atoms with van der Waals surface area (Å²) in [7, 11) is 2.05. The van der Waals surface area contributed by atoms with Gasteiger partial charge in [0.25, 0.3) is 5.56 Å². The second-order valence-electron chi connectivity index (χ2n) is 9.00. The third-order valence-electron chi connectivity index (χ3n) is 6.63. The maximum atomic E-state index is 13.1. The minimum atomic E-state index is -0.258. The van der Waals surface area contributed by atoms with Crippen LogP contribution in [0, 0.1) is 6.92 Å². The van der Waals surface area contributed by atoms with Gasteiger partial charge in [-0.25, -0.2) is 14.3 Å². The number of nitrogens with one attached hydrogen (secondary N) is 2. The van der Waals surface area contributed by atoms with E-state index in [2.05, 4.69) is 41.1 Å². The van der Waals surface area contributed by atoms with Crippen LogP contribution in [0.15, 0.2) is 23.0 Å². The second kappa shape index (κ2) is 10.5. The molecule has 2 aromatic heterocycles. The molecule has 1 aromatic carbocycles. The summed E-state index contributed by atoms with van der Waals surface area (Å²) in [4.78, 5) is 37.5. The number of aryl methyl sites for hydroxylation is 1. The van der Waals surface area contributed by atoms with Gasteiger partial charge in [0.15, 0.2) is 11.3 Å². The average molecular weight is 482 g/mol. The summed E-state index contributed by atoms with van der Waals surface area (Å²) in [5.41, 5.74) is 2.06. The number of aromatic nitrogens is 4. The van der Waals surface area contributed by atoms with Crippen LogP contribution in [0.5, 0.6) is 5.75 Å². The fraction of sp³-hybridized carbons (Fsp3) is 0.520. The largest absolute Gasteiger partial charge is 0.493 e. The van der Waals surface area contributed by atoms with Crippen molar-refractivity contribution in [2.24, 2.45) is 0 Å². The van der Waals surface area contributed by atoms with Crippen molar-refractivity contribution < 1.29 is 9.53 Å². The molecule has 3 aromatic rings. The van der Waals surface area contributed by atoms with Crippen LogP contribution in [0.2, 0.25) is 0 Å². The van der Waals surface area contributed by atoms with E-state index >= 15 is 0 Å². The van der Waals surface area contributed by atoms with E-state index in [0.717, 1.165) is 31.8 Å². The van der Waals surface area contributed by atoms with Crippen molar-refractivity contribution in [3.05, 3.63) is 40.1 Å². The fourth-order valence-corrected chi connectivity index (χ4v) is 4.52. The van der Waals surface area contributed by atoms with Crippen molar-refractivity contribution in [1.82, 2.24) is 29.4 Å². The number of carbonyl (C=O) groups is 1. The lowest BCUT2D eigenvalue weighted by Crippen LogP contribution is -2.48. The fourth-order valence-electron chi connectivity index (χ4n) is 4.52. The Kier molecular flexibility index (Phi) is 7.39. The molecular formula is C25H35N7O3. The number of nitrogens with zero attached hydrogens (tertiary/aromatic N) is 5. The summed E-state index contributed by atoms with van der Waals surface area (Å²) in [6.45, 7) is 11.4. The molecule has 0 unspecified atom stereocenters. The third kappa shape index (κ3) is 5.02. The molecule has 0 atom stereocenters. The van der Waals surface area contributed by atoms with E-state index in [9.17, 15) is 9.59 Å². The summed E-state index contributed by atoms with van der Waals surface area (Å²) in [6.07, 6.45) is 1.80. The highest BCUT2D eigenvalue weighted by molar-refractivity contribution is 5.90. The number of imidazole rings is 1. The first-order chi connectivity index (χ1) is 16.9. The van der Waals surface area contributed by atoms with E-state index in [1.165, 1.54) is 0 Å².